The quantitative estimate of drug-likeness (QED) is 0.218. The lowest BCUT2D eigenvalue weighted by atomic mass is 9.84. The molecule has 0 bridgehead atoms. The SMILES string of the molecule is N#Cc1c(N)sc2c(F)ccc(-c3c(Cl)cc4c(N5CCC6(CCN6C(=O)n6nccc6C#N)C5)nc(OC[C@@]56CCCN5C[C@H](F)C6)nc4c3F)c12. The normalized spacial score (nSPS) is 23.8. The summed E-state index contributed by atoms with van der Waals surface area (Å²) >= 11 is 7.78. The molecule has 270 valence electrons. The van der Waals surface area contributed by atoms with Crippen LogP contribution in [0.1, 0.15) is 43.4 Å². The van der Waals surface area contributed by atoms with Crippen molar-refractivity contribution in [2.45, 2.75) is 49.4 Å². The molecular weight excluding hydrogens is 729 g/mol. The molecule has 1 amide bonds. The second kappa shape index (κ2) is 12.2. The number of halogens is 4. The molecule has 5 aromatic rings. The van der Waals surface area contributed by atoms with Gasteiger partial charge >= 0.3 is 12.0 Å². The van der Waals surface area contributed by atoms with Gasteiger partial charge in [-0.3, -0.25) is 4.90 Å². The number of nitrogen functional groups attached to an aromatic ring is 1. The maximum atomic E-state index is 17.2. The summed E-state index contributed by atoms with van der Waals surface area (Å²) in [4.78, 5) is 28.7. The van der Waals surface area contributed by atoms with Gasteiger partial charge in [-0.2, -0.15) is 30.3 Å². The zero-order valence-electron chi connectivity index (χ0n) is 28.1. The third kappa shape index (κ3) is 5.03. The predicted octanol–water partition coefficient (Wildman–Crippen LogP) is 6.24. The first-order valence-electron chi connectivity index (χ1n) is 17.2. The Labute approximate surface area is 309 Å². The zero-order chi connectivity index (χ0) is 36.8. The van der Waals surface area contributed by atoms with Gasteiger partial charge in [0.25, 0.3) is 0 Å². The van der Waals surface area contributed by atoms with Gasteiger partial charge in [-0.1, -0.05) is 17.7 Å². The molecule has 4 fully saturated rings. The van der Waals surface area contributed by atoms with Crippen LogP contribution in [0.25, 0.3) is 32.1 Å². The highest BCUT2D eigenvalue weighted by Gasteiger charge is 2.53. The fourth-order valence-corrected chi connectivity index (χ4v) is 10.1. The van der Waals surface area contributed by atoms with Crippen LogP contribution < -0.4 is 15.4 Å². The highest BCUT2D eigenvalue weighted by molar-refractivity contribution is 7.23. The van der Waals surface area contributed by atoms with Gasteiger partial charge in [0.2, 0.25) is 0 Å². The van der Waals surface area contributed by atoms with Crippen molar-refractivity contribution in [2.24, 2.45) is 0 Å². The Balaban J connectivity index is 1.15. The Morgan fingerprint density at radius 1 is 1.13 bits per heavy atom. The summed E-state index contributed by atoms with van der Waals surface area (Å²) in [6.45, 7) is 2.45. The molecule has 4 saturated heterocycles. The number of anilines is 2. The molecule has 0 saturated carbocycles. The van der Waals surface area contributed by atoms with Gasteiger partial charge in [0.05, 0.1) is 32.6 Å². The fraction of sp³-hybridized carbons (Fsp3) is 0.389. The van der Waals surface area contributed by atoms with Crippen molar-refractivity contribution in [1.82, 2.24) is 29.5 Å². The molecular formula is C36H30ClF3N10O2S. The Morgan fingerprint density at radius 2 is 1.96 bits per heavy atom. The Bertz CT molecular complexity index is 2460. The first kappa shape index (κ1) is 33.7. The molecule has 1 unspecified atom stereocenters. The van der Waals surface area contributed by atoms with E-state index in [2.05, 4.69) is 15.0 Å². The van der Waals surface area contributed by atoms with Gasteiger partial charge < -0.3 is 20.3 Å². The van der Waals surface area contributed by atoms with Crippen molar-refractivity contribution in [3.8, 4) is 29.3 Å². The van der Waals surface area contributed by atoms with Gasteiger partial charge in [-0.05, 0) is 56.0 Å². The molecule has 53 heavy (non-hydrogen) atoms. The summed E-state index contributed by atoms with van der Waals surface area (Å²) in [7, 11) is 0. The molecule has 1 spiro atoms. The lowest BCUT2D eigenvalue weighted by molar-refractivity contribution is 0.0399. The number of likely N-dealkylation sites (tertiary alicyclic amines) is 1. The standard InChI is InChI=1S/C36H30ClF3N10O2S/c37-24-12-22-29(28(40)27(24)21-2-3-25(39)30-26(21)23(15-42)31(43)53-30)45-33(52-18-36-5-1-9-48(36)16-19(38)13-36)46-32(22)47-10-6-35(17-47)7-11-49(35)34(51)50-20(14-41)4-8-44-50/h2-4,8,12,19H,1,5-7,9-11,13,16-18,43H2/t19-,35?,36+/m1/s1. The molecule has 3 aromatic heterocycles. The molecule has 17 heteroatoms. The first-order chi connectivity index (χ1) is 25.6. The number of nitrogens with zero attached hydrogens (tertiary/aromatic N) is 9. The van der Waals surface area contributed by atoms with E-state index in [4.69, 9.17) is 27.1 Å². The fourth-order valence-electron chi connectivity index (χ4n) is 8.82. The number of aromatic nitrogens is 4. The molecule has 7 heterocycles. The first-order valence-corrected chi connectivity index (χ1v) is 18.4. The van der Waals surface area contributed by atoms with Gasteiger partial charge in [0.15, 0.2) is 5.82 Å². The van der Waals surface area contributed by atoms with E-state index in [1.54, 1.807) is 11.0 Å². The Hall–Kier alpha value is -5.16. The van der Waals surface area contributed by atoms with E-state index in [9.17, 15) is 24.1 Å². The molecule has 0 aliphatic carbocycles. The number of thiophene rings is 1. The summed E-state index contributed by atoms with van der Waals surface area (Å²) in [5.74, 6) is -1.10. The third-order valence-corrected chi connectivity index (χ3v) is 12.8. The molecule has 0 radical (unpaired) electrons. The van der Waals surface area contributed by atoms with E-state index in [0.717, 1.165) is 35.4 Å². The maximum Gasteiger partial charge on any atom is 0.346 e. The van der Waals surface area contributed by atoms with Gasteiger partial charge in [0, 0.05) is 48.9 Å². The number of amides is 1. The van der Waals surface area contributed by atoms with Crippen LogP contribution in [0.4, 0.5) is 28.8 Å². The molecule has 4 aliphatic heterocycles. The molecule has 4 aliphatic rings. The topological polar surface area (TPSA) is 153 Å². The summed E-state index contributed by atoms with van der Waals surface area (Å²) < 4.78 is 54.2. The molecule has 2 N–H and O–H groups in total. The average Bonchev–Trinajstić information content (AvgIpc) is 3.96. The summed E-state index contributed by atoms with van der Waals surface area (Å²) in [6.07, 6.45) is 3.65. The highest BCUT2D eigenvalue weighted by Crippen LogP contribution is 2.48. The number of nitriles is 2. The molecule has 9 rings (SSSR count). The second-order valence-electron chi connectivity index (χ2n) is 14.2. The number of alkyl halides is 1. The molecule has 3 atom stereocenters. The number of ether oxygens (including phenoxy) is 1. The minimum atomic E-state index is -0.981. The van der Waals surface area contributed by atoms with Crippen LogP contribution in [-0.4, -0.2) is 92.2 Å². The number of carbonyl (C=O) groups is 1. The Kier molecular flexibility index (Phi) is 7.75. The largest absolute Gasteiger partial charge is 0.461 e. The van der Waals surface area contributed by atoms with Crippen LogP contribution in [-0.2, 0) is 0 Å². The van der Waals surface area contributed by atoms with Crippen molar-refractivity contribution >= 4 is 60.8 Å². The van der Waals surface area contributed by atoms with Crippen molar-refractivity contribution in [3.63, 3.8) is 0 Å². The predicted molar refractivity (Wildman–Crippen MR) is 192 cm³/mol. The molecule has 12 nitrogen and oxygen atoms in total. The van der Waals surface area contributed by atoms with Crippen LogP contribution in [0, 0.1) is 34.3 Å². The van der Waals surface area contributed by atoms with Crippen LogP contribution in [0.15, 0.2) is 30.5 Å². The number of nitrogens with two attached hydrogens (primary N) is 1. The number of fused-ring (bicyclic) bond motifs is 3. The van der Waals surface area contributed by atoms with Crippen molar-refractivity contribution in [2.75, 3.05) is 50.0 Å². The van der Waals surface area contributed by atoms with Crippen LogP contribution in [0.5, 0.6) is 6.01 Å². The van der Waals surface area contributed by atoms with E-state index < -0.39 is 34.9 Å². The minimum Gasteiger partial charge on any atom is -0.461 e. The summed E-state index contributed by atoms with van der Waals surface area (Å²) in [5, 5.41) is 24.0. The number of hydrogen-bond donors (Lipinski definition) is 1. The monoisotopic (exact) mass is 758 g/mol. The van der Waals surface area contributed by atoms with Crippen molar-refractivity contribution in [3.05, 3.63) is 58.4 Å². The van der Waals surface area contributed by atoms with E-state index in [-0.39, 0.29) is 66.0 Å². The number of rotatable bonds is 5. The third-order valence-electron chi connectivity index (χ3n) is 11.4. The van der Waals surface area contributed by atoms with Gasteiger partial charge in [0.1, 0.15) is 52.8 Å². The number of benzene rings is 2. The van der Waals surface area contributed by atoms with Crippen molar-refractivity contribution in [1.29, 1.82) is 10.5 Å². The average molecular weight is 759 g/mol. The van der Waals surface area contributed by atoms with E-state index >= 15 is 4.39 Å². The minimum absolute atomic E-state index is 0.0181. The van der Waals surface area contributed by atoms with Crippen LogP contribution in [0.3, 0.4) is 0 Å². The van der Waals surface area contributed by atoms with E-state index in [1.807, 2.05) is 17.0 Å². The Morgan fingerprint density at radius 3 is 2.74 bits per heavy atom. The summed E-state index contributed by atoms with van der Waals surface area (Å²) in [5.41, 5.74) is 5.09. The lowest BCUT2D eigenvalue weighted by Gasteiger charge is -2.50. The lowest BCUT2D eigenvalue weighted by Crippen LogP contribution is -2.64. The van der Waals surface area contributed by atoms with E-state index in [0.29, 0.717) is 51.3 Å². The van der Waals surface area contributed by atoms with Gasteiger partial charge in [-0.25, -0.2) is 18.0 Å². The molecule has 2 aromatic carbocycles. The zero-order valence-corrected chi connectivity index (χ0v) is 29.7. The van der Waals surface area contributed by atoms with Gasteiger partial charge in [-0.15, -0.1) is 11.3 Å². The second-order valence-corrected chi connectivity index (χ2v) is 15.7. The van der Waals surface area contributed by atoms with E-state index in [1.165, 1.54) is 24.4 Å². The summed E-state index contributed by atoms with van der Waals surface area (Å²) in [6, 6.07) is 9.06. The highest BCUT2D eigenvalue weighted by atomic mass is 35.5. The van der Waals surface area contributed by atoms with Crippen LogP contribution in [0.2, 0.25) is 5.02 Å². The maximum absolute atomic E-state index is 17.2. The number of hydrogen-bond acceptors (Lipinski definition) is 11. The van der Waals surface area contributed by atoms with Crippen molar-refractivity contribution < 1.29 is 22.7 Å². The van der Waals surface area contributed by atoms with Crippen LogP contribution >= 0.6 is 22.9 Å². The number of carbonyl (C=O) groups excluding carboxylic acids is 1. The smallest absolute Gasteiger partial charge is 0.346 e.